The summed E-state index contributed by atoms with van der Waals surface area (Å²) in [5.41, 5.74) is 1.89. The van der Waals surface area contributed by atoms with E-state index in [1.807, 2.05) is 24.3 Å². The minimum atomic E-state index is -0.810. The van der Waals surface area contributed by atoms with Gasteiger partial charge in [-0.15, -0.1) is 0 Å². The van der Waals surface area contributed by atoms with Crippen molar-refractivity contribution in [1.82, 2.24) is 4.90 Å². The van der Waals surface area contributed by atoms with Crippen LogP contribution in [0.15, 0.2) is 24.3 Å². The molecule has 108 valence electrons. The van der Waals surface area contributed by atoms with Crippen LogP contribution in [0.1, 0.15) is 42.1 Å². The summed E-state index contributed by atoms with van der Waals surface area (Å²) < 4.78 is 0. The number of likely N-dealkylation sites (tertiary alicyclic amines) is 1. The van der Waals surface area contributed by atoms with Crippen LogP contribution in [0.3, 0.4) is 0 Å². The first-order valence-corrected chi connectivity index (χ1v) is 7.23. The van der Waals surface area contributed by atoms with Crippen LogP contribution in [-0.4, -0.2) is 35.0 Å². The summed E-state index contributed by atoms with van der Waals surface area (Å²) >= 11 is 0. The van der Waals surface area contributed by atoms with Crippen molar-refractivity contribution in [3.63, 3.8) is 0 Å². The quantitative estimate of drug-likeness (QED) is 0.898. The van der Waals surface area contributed by atoms with Crippen molar-refractivity contribution in [2.75, 3.05) is 13.1 Å². The van der Waals surface area contributed by atoms with Gasteiger partial charge in [0, 0.05) is 18.7 Å². The molecule has 1 saturated heterocycles. The van der Waals surface area contributed by atoms with E-state index in [2.05, 4.69) is 6.92 Å². The molecule has 1 amide bonds. The fourth-order valence-corrected chi connectivity index (χ4v) is 2.52. The second-order valence-corrected chi connectivity index (χ2v) is 5.38. The highest BCUT2D eigenvalue weighted by Crippen LogP contribution is 2.19. The molecule has 1 N–H and O–H groups in total. The lowest BCUT2D eigenvalue weighted by Gasteiger charge is -2.16. The van der Waals surface area contributed by atoms with Gasteiger partial charge in [0.1, 0.15) is 0 Å². The smallest absolute Gasteiger partial charge is 0.308 e. The molecule has 0 spiro atoms. The summed E-state index contributed by atoms with van der Waals surface area (Å²) in [6.45, 7) is 3.02. The van der Waals surface area contributed by atoms with Crippen LogP contribution in [0.2, 0.25) is 0 Å². The molecule has 0 aromatic heterocycles. The molecule has 4 heteroatoms. The van der Waals surface area contributed by atoms with Crippen molar-refractivity contribution in [2.45, 2.75) is 32.6 Å². The van der Waals surface area contributed by atoms with Gasteiger partial charge in [0.25, 0.3) is 5.91 Å². The molecule has 0 saturated carbocycles. The zero-order valence-corrected chi connectivity index (χ0v) is 11.8. The van der Waals surface area contributed by atoms with Crippen LogP contribution in [-0.2, 0) is 11.2 Å². The molecule has 2 rings (SSSR count). The predicted molar refractivity (Wildman–Crippen MR) is 76.7 cm³/mol. The number of hydrogen-bond donors (Lipinski definition) is 1. The lowest BCUT2D eigenvalue weighted by atomic mass is 10.1. The largest absolute Gasteiger partial charge is 0.481 e. The first-order valence-electron chi connectivity index (χ1n) is 7.23. The Balaban J connectivity index is 1.97. The third-order valence-electron chi connectivity index (χ3n) is 3.84. The minimum Gasteiger partial charge on any atom is -0.481 e. The Hall–Kier alpha value is -1.84. The van der Waals surface area contributed by atoms with Crippen LogP contribution >= 0.6 is 0 Å². The first-order chi connectivity index (χ1) is 9.61. The van der Waals surface area contributed by atoms with Gasteiger partial charge in [-0.05, 0) is 37.0 Å². The van der Waals surface area contributed by atoms with Crippen molar-refractivity contribution in [2.24, 2.45) is 5.92 Å². The molecule has 1 aliphatic heterocycles. The number of aryl methyl sites for hydroxylation is 1. The average Bonchev–Trinajstić information content (AvgIpc) is 2.95. The van der Waals surface area contributed by atoms with E-state index in [0.717, 1.165) is 19.3 Å². The number of carbonyl (C=O) groups excluding carboxylic acids is 1. The Labute approximate surface area is 119 Å². The van der Waals surface area contributed by atoms with E-state index in [4.69, 9.17) is 5.11 Å². The normalized spacial score (nSPS) is 18.2. The van der Waals surface area contributed by atoms with Crippen LogP contribution in [0.5, 0.6) is 0 Å². The highest BCUT2D eigenvalue weighted by molar-refractivity contribution is 5.94. The number of carboxylic acids is 1. The van der Waals surface area contributed by atoms with Crippen molar-refractivity contribution in [1.29, 1.82) is 0 Å². The van der Waals surface area contributed by atoms with Crippen molar-refractivity contribution < 1.29 is 14.7 Å². The molecule has 1 atom stereocenters. The summed E-state index contributed by atoms with van der Waals surface area (Å²) in [5, 5.41) is 8.96. The van der Waals surface area contributed by atoms with E-state index in [0.29, 0.717) is 25.1 Å². The van der Waals surface area contributed by atoms with Gasteiger partial charge in [0.15, 0.2) is 0 Å². The molecule has 1 aromatic rings. The summed E-state index contributed by atoms with van der Waals surface area (Å²) in [6, 6.07) is 7.68. The highest BCUT2D eigenvalue weighted by Gasteiger charge is 2.31. The Morgan fingerprint density at radius 3 is 2.55 bits per heavy atom. The molecule has 0 aliphatic carbocycles. The average molecular weight is 275 g/mol. The van der Waals surface area contributed by atoms with E-state index in [9.17, 15) is 9.59 Å². The number of amides is 1. The van der Waals surface area contributed by atoms with Crippen LogP contribution in [0, 0.1) is 5.92 Å². The van der Waals surface area contributed by atoms with E-state index in [1.165, 1.54) is 5.56 Å². The molecule has 4 nitrogen and oxygen atoms in total. The molecular formula is C16H21NO3. The molecule has 0 bridgehead atoms. The molecule has 1 unspecified atom stereocenters. The van der Waals surface area contributed by atoms with Crippen LogP contribution in [0.25, 0.3) is 0 Å². The summed E-state index contributed by atoms with van der Waals surface area (Å²) in [7, 11) is 0. The van der Waals surface area contributed by atoms with Gasteiger partial charge in [0.2, 0.25) is 0 Å². The van der Waals surface area contributed by atoms with Gasteiger partial charge >= 0.3 is 5.97 Å². The number of rotatable bonds is 5. The monoisotopic (exact) mass is 275 g/mol. The van der Waals surface area contributed by atoms with Gasteiger partial charge in [-0.2, -0.15) is 0 Å². The number of hydrogen-bond acceptors (Lipinski definition) is 2. The highest BCUT2D eigenvalue weighted by atomic mass is 16.4. The fraction of sp³-hybridized carbons (Fsp3) is 0.500. The third-order valence-corrected chi connectivity index (χ3v) is 3.84. The van der Waals surface area contributed by atoms with Gasteiger partial charge in [-0.25, -0.2) is 0 Å². The lowest BCUT2D eigenvalue weighted by Crippen LogP contribution is -2.29. The van der Waals surface area contributed by atoms with E-state index in [-0.39, 0.29) is 5.91 Å². The van der Waals surface area contributed by atoms with Gasteiger partial charge in [-0.3, -0.25) is 9.59 Å². The second-order valence-electron chi connectivity index (χ2n) is 5.38. The first kappa shape index (κ1) is 14.6. The third kappa shape index (κ3) is 3.38. The summed E-state index contributed by atoms with van der Waals surface area (Å²) in [6.07, 6.45) is 3.90. The van der Waals surface area contributed by atoms with Gasteiger partial charge in [0.05, 0.1) is 5.92 Å². The lowest BCUT2D eigenvalue weighted by molar-refractivity contribution is -0.141. The Kier molecular flexibility index (Phi) is 4.77. The predicted octanol–water partition coefficient (Wildman–Crippen LogP) is 2.58. The molecule has 20 heavy (non-hydrogen) atoms. The minimum absolute atomic E-state index is 0.0595. The molecule has 1 fully saturated rings. The SMILES string of the molecule is CCCCc1ccc(C(=O)N2CCC(C(=O)O)C2)cc1. The number of benzene rings is 1. The molecular weight excluding hydrogens is 254 g/mol. The van der Waals surface area contributed by atoms with Crippen molar-refractivity contribution in [3.8, 4) is 0 Å². The zero-order chi connectivity index (χ0) is 14.5. The van der Waals surface area contributed by atoms with E-state index < -0.39 is 11.9 Å². The van der Waals surface area contributed by atoms with Crippen LogP contribution < -0.4 is 0 Å². The number of carbonyl (C=O) groups is 2. The maximum atomic E-state index is 12.3. The zero-order valence-electron chi connectivity index (χ0n) is 11.8. The number of nitrogens with zero attached hydrogens (tertiary/aromatic N) is 1. The van der Waals surface area contributed by atoms with Crippen LogP contribution in [0.4, 0.5) is 0 Å². The standard InChI is InChI=1S/C16H21NO3/c1-2-3-4-12-5-7-13(8-6-12)15(18)17-10-9-14(11-17)16(19)20/h5-8,14H,2-4,9-11H2,1H3,(H,19,20). The topological polar surface area (TPSA) is 57.6 Å². The fourth-order valence-electron chi connectivity index (χ4n) is 2.52. The number of carboxylic acid groups (broad SMARTS) is 1. The molecule has 1 heterocycles. The molecule has 0 radical (unpaired) electrons. The maximum Gasteiger partial charge on any atom is 0.308 e. The maximum absolute atomic E-state index is 12.3. The number of unbranched alkanes of at least 4 members (excludes halogenated alkanes) is 1. The van der Waals surface area contributed by atoms with Crippen molar-refractivity contribution >= 4 is 11.9 Å². The second kappa shape index (κ2) is 6.55. The van der Waals surface area contributed by atoms with Gasteiger partial charge < -0.3 is 10.0 Å². The van der Waals surface area contributed by atoms with E-state index in [1.54, 1.807) is 4.90 Å². The number of aliphatic carboxylic acids is 1. The Morgan fingerprint density at radius 1 is 1.30 bits per heavy atom. The van der Waals surface area contributed by atoms with Crippen molar-refractivity contribution in [3.05, 3.63) is 35.4 Å². The Morgan fingerprint density at radius 2 is 2.00 bits per heavy atom. The van der Waals surface area contributed by atoms with Gasteiger partial charge in [-0.1, -0.05) is 25.5 Å². The van der Waals surface area contributed by atoms with E-state index >= 15 is 0 Å². The molecule has 1 aliphatic rings. The Bertz CT molecular complexity index is 481. The summed E-state index contributed by atoms with van der Waals surface area (Å²) in [4.78, 5) is 24.8. The molecule has 1 aromatic carbocycles. The summed E-state index contributed by atoms with van der Waals surface area (Å²) in [5.74, 6) is -1.28.